The largest absolute Gasteiger partial charge is 0.480 e. The summed E-state index contributed by atoms with van der Waals surface area (Å²) in [6.07, 6.45) is -4.38. The van der Waals surface area contributed by atoms with E-state index in [-0.39, 0.29) is 24.7 Å². The van der Waals surface area contributed by atoms with Gasteiger partial charge in [-0.2, -0.15) is 18.2 Å². The molecule has 0 aliphatic carbocycles. The first-order chi connectivity index (χ1) is 16.3. The van der Waals surface area contributed by atoms with Gasteiger partial charge in [-0.15, -0.1) is 0 Å². The van der Waals surface area contributed by atoms with Crippen molar-refractivity contribution in [3.05, 3.63) is 65.2 Å². The van der Waals surface area contributed by atoms with Gasteiger partial charge in [0.15, 0.2) is 5.65 Å². The van der Waals surface area contributed by atoms with Gasteiger partial charge in [-0.1, -0.05) is 60.1 Å². The van der Waals surface area contributed by atoms with Crippen LogP contribution in [0.5, 0.6) is 6.01 Å². The smallest absolute Gasteiger partial charge is 0.408 e. The van der Waals surface area contributed by atoms with E-state index in [2.05, 4.69) is 15.0 Å². The van der Waals surface area contributed by atoms with Crippen LogP contribution in [0.4, 0.5) is 13.2 Å². The monoisotopic (exact) mass is 488 g/mol. The molecule has 5 rings (SSSR count). The van der Waals surface area contributed by atoms with Crippen molar-refractivity contribution in [1.29, 1.82) is 0 Å². The maximum Gasteiger partial charge on any atom is 0.408 e. The first-order valence-electron chi connectivity index (χ1n) is 10.6. The normalized spacial score (nSPS) is 16.1. The molecule has 10 heteroatoms. The molecule has 4 aromatic rings. The van der Waals surface area contributed by atoms with Crippen molar-refractivity contribution in [3.63, 3.8) is 0 Å². The zero-order valence-electron chi connectivity index (χ0n) is 17.8. The molecule has 1 atom stereocenters. The fraction of sp³-hybridized carbons (Fsp3) is 0.250. The van der Waals surface area contributed by atoms with Crippen molar-refractivity contribution < 1.29 is 23.0 Å². The van der Waals surface area contributed by atoms with E-state index in [4.69, 9.17) is 16.3 Å². The van der Waals surface area contributed by atoms with E-state index in [1.54, 1.807) is 18.2 Å². The summed E-state index contributed by atoms with van der Waals surface area (Å²) in [5.41, 5.74) is 3.99. The number of alkyl halides is 3. The number of fused-ring (bicyclic) bond motifs is 1. The lowest BCUT2D eigenvalue weighted by Gasteiger charge is -2.35. The average Bonchev–Trinajstić information content (AvgIpc) is 3.18. The Balaban J connectivity index is 1.40. The molecule has 1 saturated heterocycles. The molecule has 1 fully saturated rings. The Bertz CT molecular complexity index is 1300. The van der Waals surface area contributed by atoms with Crippen molar-refractivity contribution >= 4 is 22.8 Å². The molecular formula is C24H20ClF3N4O2. The molecule has 6 nitrogen and oxygen atoms in total. The second-order valence-corrected chi connectivity index (χ2v) is 8.45. The topological polar surface area (TPSA) is 74.3 Å². The van der Waals surface area contributed by atoms with E-state index in [1.807, 2.05) is 24.3 Å². The van der Waals surface area contributed by atoms with E-state index in [9.17, 15) is 18.3 Å². The quantitative estimate of drug-likeness (QED) is 0.392. The molecule has 0 spiro atoms. The molecule has 1 aliphatic rings. The van der Waals surface area contributed by atoms with E-state index in [1.165, 1.54) is 17.0 Å². The Morgan fingerprint density at radius 1 is 0.941 bits per heavy atom. The third-order valence-corrected chi connectivity index (χ3v) is 6.14. The number of imidazole rings is 1. The van der Waals surface area contributed by atoms with Gasteiger partial charge in [0.05, 0.1) is 29.4 Å². The van der Waals surface area contributed by atoms with Crippen molar-refractivity contribution in [2.75, 3.05) is 26.3 Å². The lowest BCUT2D eigenvalue weighted by atomic mass is 9.98. The average molecular weight is 489 g/mol. The number of benzene rings is 2. The van der Waals surface area contributed by atoms with Crippen molar-refractivity contribution in [3.8, 4) is 28.4 Å². The number of aromatic hydroxyl groups is 1. The number of pyridine rings is 1. The SMILES string of the molecule is Oc1nc2nc(-c3ccc(-c4ccc(C(N5CCOCC5)C(F)(F)F)cc4)cc3)c(Cl)cc2[nH]1. The molecule has 34 heavy (non-hydrogen) atoms. The summed E-state index contributed by atoms with van der Waals surface area (Å²) in [7, 11) is 0. The summed E-state index contributed by atoms with van der Waals surface area (Å²) in [6, 6.07) is 13.6. The first-order valence-corrected chi connectivity index (χ1v) is 11.0. The third kappa shape index (κ3) is 4.46. The lowest BCUT2D eigenvalue weighted by molar-refractivity contribution is -0.194. The van der Waals surface area contributed by atoms with Crippen molar-refractivity contribution in [2.45, 2.75) is 12.2 Å². The second kappa shape index (κ2) is 8.90. The number of morpholine rings is 1. The molecule has 1 unspecified atom stereocenters. The molecular weight excluding hydrogens is 469 g/mol. The van der Waals surface area contributed by atoms with E-state index in [0.29, 0.717) is 35.1 Å². The maximum absolute atomic E-state index is 13.8. The van der Waals surface area contributed by atoms with Crippen LogP contribution in [0.2, 0.25) is 5.02 Å². The molecule has 2 aromatic carbocycles. The number of aromatic amines is 1. The van der Waals surface area contributed by atoms with Gasteiger partial charge in [-0.3, -0.25) is 4.90 Å². The molecule has 176 valence electrons. The number of rotatable bonds is 4. The standard InChI is InChI=1S/C24H20ClF3N4O2/c25-18-13-19-22(31-23(33)29-19)30-20(18)16-5-1-14(2-6-16)15-3-7-17(8-4-15)21(24(26,27)28)32-9-11-34-12-10-32/h1-8,13,21H,9-12H2,(H2,29,30,31,33). The van der Waals surface area contributed by atoms with Crippen LogP contribution in [-0.4, -0.2) is 57.4 Å². The number of nitrogens with one attached hydrogen (secondary N) is 1. The third-order valence-electron chi connectivity index (χ3n) is 5.85. The molecule has 0 bridgehead atoms. The van der Waals surface area contributed by atoms with Crippen LogP contribution >= 0.6 is 11.6 Å². The van der Waals surface area contributed by atoms with Crippen LogP contribution in [0.1, 0.15) is 11.6 Å². The van der Waals surface area contributed by atoms with Gasteiger partial charge in [0.2, 0.25) is 0 Å². The second-order valence-electron chi connectivity index (χ2n) is 8.04. The maximum atomic E-state index is 13.8. The number of halogens is 4. The predicted octanol–water partition coefficient (Wildman–Crippen LogP) is 5.59. The number of nitrogens with zero attached hydrogens (tertiary/aromatic N) is 3. The summed E-state index contributed by atoms with van der Waals surface area (Å²) in [4.78, 5) is 12.4. The van der Waals surface area contributed by atoms with E-state index < -0.39 is 12.2 Å². The summed E-state index contributed by atoms with van der Waals surface area (Å²) < 4.78 is 46.7. The lowest BCUT2D eigenvalue weighted by Crippen LogP contribution is -2.44. The highest BCUT2D eigenvalue weighted by Crippen LogP contribution is 2.39. The molecule has 0 saturated carbocycles. The molecule has 2 N–H and O–H groups in total. The van der Waals surface area contributed by atoms with Crippen LogP contribution in [0, 0.1) is 0 Å². The molecule has 1 aliphatic heterocycles. The Morgan fingerprint density at radius 2 is 1.53 bits per heavy atom. The highest BCUT2D eigenvalue weighted by Gasteiger charge is 2.44. The van der Waals surface area contributed by atoms with Crippen LogP contribution in [0.3, 0.4) is 0 Å². The zero-order valence-corrected chi connectivity index (χ0v) is 18.6. The summed E-state index contributed by atoms with van der Waals surface area (Å²) in [5.74, 6) is 0. The molecule has 0 radical (unpaired) electrons. The van der Waals surface area contributed by atoms with Gasteiger partial charge in [-0.25, -0.2) is 4.98 Å². The number of hydrogen-bond acceptors (Lipinski definition) is 5. The van der Waals surface area contributed by atoms with Crippen molar-refractivity contribution in [2.24, 2.45) is 0 Å². The predicted molar refractivity (Wildman–Crippen MR) is 123 cm³/mol. The number of aromatic nitrogens is 3. The van der Waals surface area contributed by atoms with Gasteiger partial charge >= 0.3 is 6.18 Å². The molecule has 2 aromatic heterocycles. The Kier molecular flexibility index (Phi) is 5.93. The van der Waals surface area contributed by atoms with E-state index in [0.717, 1.165) is 16.7 Å². The summed E-state index contributed by atoms with van der Waals surface area (Å²) in [5, 5.41) is 9.92. The zero-order chi connectivity index (χ0) is 23.9. The molecule has 3 heterocycles. The number of ether oxygens (including phenoxy) is 1. The minimum atomic E-state index is -4.38. The fourth-order valence-corrected chi connectivity index (χ4v) is 4.49. The van der Waals surface area contributed by atoms with E-state index >= 15 is 0 Å². The molecule has 0 amide bonds. The number of hydrogen-bond donors (Lipinski definition) is 2. The van der Waals surface area contributed by atoms with Crippen LogP contribution in [-0.2, 0) is 4.74 Å². The van der Waals surface area contributed by atoms with Gasteiger partial charge in [0.25, 0.3) is 6.01 Å². The van der Waals surface area contributed by atoms with Gasteiger partial charge in [0, 0.05) is 18.7 Å². The van der Waals surface area contributed by atoms with Gasteiger partial charge in [0.1, 0.15) is 6.04 Å². The highest BCUT2D eigenvalue weighted by atomic mass is 35.5. The fourth-order valence-electron chi connectivity index (χ4n) is 4.23. The first kappa shape index (κ1) is 22.6. The van der Waals surface area contributed by atoms with Gasteiger partial charge < -0.3 is 14.8 Å². The Labute approximate surface area is 198 Å². The summed E-state index contributed by atoms with van der Waals surface area (Å²) in [6.45, 7) is 1.08. The van der Waals surface area contributed by atoms with Crippen LogP contribution in [0.15, 0.2) is 54.6 Å². The number of H-pyrrole nitrogens is 1. The minimum Gasteiger partial charge on any atom is -0.480 e. The summed E-state index contributed by atoms with van der Waals surface area (Å²) >= 11 is 6.36. The highest BCUT2D eigenvalue weighted by molar-refractivity contribution is 6.33. The van der Waals surface area contributed by atoms with Gasteiger partial charge in [-0.05, 0) is 22.8 Å². The van der Waals surface area contributed by atoms with Crippen molar-refractivity contribution in [1.82, 2.24) is 19.9 Å². The van der Waals surface area contributed by atoms with Crippen LogP contribution in [0.25, 0.3) is 33.5 Å². The minimum absolute atomic E-state index is 0.210. The Hall–Kier alpha value is -3.14. The van der Waals surface area contributed by atoms with Crippen LogP contribution < -0.4 is 0 Å². The Morgan fingerprint density at radius 3 is 2.15 bits per heavy atom.